The minimum Gasteiger partial charge on any atom is -0.365 e. The highest BCUT2D eigenvalue weighted by Crippen LogP contribution is 2.25. The van der Waals surface area contributed by atoms with E-state index in [4.69, 9.17) is 5.73 Å². The molecule has 0 radical (unpaired) electrons. The monoisotopic (exact) mass is 354 g/mol. The number of aromatic amines is 1. The number of carbonyl (C=O) groups is 3. The van der Waals surface area contributed by atoms with Crippen LogP contribution in [0.25, 0.3) is 0 Å². The summed E-state index contributed by atoms with van der Waals surface area (Å²) in [5.74, 6) is -1.33. The van der Waals surface area contributed by atoms with Crippen molar-refractivity contribution in [3.8, 4) is 0 Å². The molecule has 0 aliphatic carbocycles. The van der Waals surface area contributed by atoms with Gasteiger partial charge in [-0.1, -0.05) is 12.1 Å². The maximum absolute atomic E-state index is 12.5. The predicted molar refractivity (Wildman–Crippen MR) is 95.8 cm³/mol. The fourth-order valence-electron chi connectivity index (χ4n) is 2.61. The van der Waals surface area contributed by atoms with Gasteiger partial charge in [0.1, 0.15) is 17.1 Å². The van der Waals surface area contributed by atoms with Crippen LogP contribution in [0.1, 0.15) is 34.3 Å². The summed E-state index contributed by atoms with van der Waals surface area (Å²) in [6, 6.07) is 5.68. The lowest BCUT2D eigenvalue weighted by atomic mass is 10.1. The van der Waals surface area contributed by atoms with Gasteiger partial charge < -0.3 is 11.1 Å². The number of aromatic nitrogens is 2. The van der Waals surface area contributed by atoms with Crippen molar-refractivity contribution >= 4 is 34.9 Å². The van der Waals surface area contributed by atoms with E-state index >= 15 is 0 Å². The summed E-state index contributed by atoms with van der Waals surface area (Å²) in [5.41, 5.74) is 7.96. The SMILES string of the molecule is Cc1ccc(C)c(N2N=C(C(=O)Nc3[nH]ncc3C(N)=O)CCC2=O)c1. The van der Waals surface area contributed by atoms with Crippen molar-refractivity contribution in [2.75, 3.05) is 10.3 Å². The smallest absolute Gasteiger partial charge is 0.273 e. The number of hydrazone groups is 1. The Labute approximate surface area is 149 Å². The molecule has 0 atom stereocenters. The lowest BCUT2D eigenvalue weighted by Crippen LogP contribution is -2.37. The lowest BCUT2D eigenvalue weighted by Gasteiger charge is -2.24. The molecule has 3 rings (SSSR count). The van der Waals surface area contributed by atoms with Crippen LogP contribution in [0.15, 0.2) is 29.5 Å². The Morgan fingerprint density at radius 2 is 2.04 bits per heavy atom. The fraction of sp³-hybridized carbons (Fsp3) is 0.235. The second-order valence-electron chi connectivity index (χ2n) is 6.02. The Bertz CT molecular complexity index is 930. The highest BCUT2D eigenvalue weighted by Gasteiger charge is 2.27. The Balaban J connectivity index is 1.88. The summed E-state index contributed by atoms with van der Waals surface area (Å²) >= 11 is 0. The summed E-state index contributed by atoms with van der Waals surface area (Å²) in [6.45, 7) is 3.79. The van der Waals surface area contributed by atoms with Gasteiger partial charge >= 0.3 is 0 Å². The summed E-state index contributed by atoms with van der Waals surface area (Å²) in [4.78, 5) is 36.1. The van der Waals surface area contributed by atoms with E-state index in [9.17, 15) is 14.4 Å². The number of carbonyl (C=O) groups excluding carboxylic acids is 3. The maximum atomic E-state index is 12.5. The number of primary amides is 1. The van der Waals surface area contributed by atoms with Gasteiger partial charge in [-0.25, -0.2) is 5.01 Å². The van der Waals surface area contributed by atoms with Gasteiger partial charge in [-0.2, -0.15) is 10.2 Å². The van der Waals surface area contributed by atoms with Crippen molar-refractivity contribution in [3.63, 3.8) is 0 Å². The zero-order valence-electron chi connectivity index (χ0n) is 14.4. The molecule has 1 aliphatic rings. The number of hydrogen-bond acceptors (Lipinski definition) is 5. The van der Waals surface area contributed by atoms with Crippen molar-refractivity contribution in [3.05, 3.63) is 41.1 Å². The van der Waals surface area contributed by atoms with Gasteiger partial charge in [-0.15, -0.1) is 0 Å². The van der Waals surface area contributed by atoms with Gasteiger partial charge in [0.15, 0.2) is 0 Å². The first-order valence-corrected chi connectivity index (χ1v) is 7.99. The molecule has 0 fully saturated rings. The molecule has 0 saturated heterocycles. The summed E-state index contributed by atoms with van der Waals surface area (Å²) in [5, 5.41) is 14.2. The molecule has 134 valence electrons. The van der Waals surface area contributed by atoms with Crippen LogP contribution in [0.5, 0.6) is 0 Å². The number of H-pyrrole nitrogens is 1. The normalized spacial score (nSPS) is 14.2. The molecular formula is C17H18N6O3. The Kier molecular flexibility index (Phi) is 4.53. The van der Waals surface area contributed by atoms with Crippen molar-refractivity contribution < 1.29 is 14.4 Å². The Hall–Kier alpha value is -3.49. The number of amides is 3. The van der Waals surface area contributed by atoms with Gasteiger partial charge in [-0.05, 0) is 31.0 Å². The molecule has 4 N–H and O–H groups in total. The molecule has 0 bridgehead atoms. The minimum atomic E-state index is -0.716. The van der Waals surface area contributed by atoms with E-state index in [0.29, 0.717) is 5.69 Å². The molecule has 2 aromatic rings. The van der Waals surface area contributed by atoms with E-state index in [1.165, 1.54) is 11.2 Å². The number of nitrogens with zero attached hydrogens (tertiary/aromatic N) is 3. The number of anilines is 2. The van der Waals surface area contributed by atoms with Crippen molar-refractivity contribution in [1.29, 1.82) is 0 Å². The molecule has 26 heavy (non-hydrogen) atoms. The topological polar surface area (TPSA) is 134 Å². The third-order valence-corrected chi connectivity index (χ3v) is 4.03. The molecule has 0 saturated carbocycles. The second-order valence-corrected chi connectivity index (χ2v) is 6.02. The molecular weight excluding hydrogens is 336 g/mol. The molecule has 3 amide bonds. The van der Waals surface area contributed by atoms with Crippen LogP contribution in [0.2, 0.25) is 0 Å². The highest BCUT2D eigenvalue weighted by molar-refractivity contribution is 6.44. The van der Waals surface area contributed by atoms with E-state index < -0.39 is 11.8 Å². The van der Waals surface area contributed by atoms with Gasteiger partial charge in [0.25, 0.3) is 11.8 Å². The number of aryl methyl sites for hydroxylation is 2. The lowest BCUT2D eigenvalue weighted by molar-refractivity contribution is -0.118. The third kappa shape index (κ3) is 3.32. The van der Waals surface area contributed by atoms with Crippen molar-refractivity contribution in [2.45, 2.75) is 26.7 Å². The molecule has 9 nitrogen and oxygen atoms in total. The van der Waals surface area contributed by atoms with Crippen LogP contribution in [-0.4, -0.2) is 33.6 Å². The van der Waals surface area contributed by atoms with Crippen LogP contribution >= 0.6 is 0 Å². The number of rotatable bonds is 4. The summed E-state index contributed by atoms with van der Waals surface area (Å²) in [6.07, 6.45) is 1.59. The quantitative estimate of drug-likeness (QED) is 0.761. The van der Waals surface area contributed by atoms with Gasteiger partial charge in [0.05, 0.1) is 11.9 Å². The van der Waals surface area contributed by atoms with Crippen LogP contribution in [-0.2, 0) is 9.59 Å². The molecule has 1 aromatic carbocycles. The van der Waals surface area contributed by atoms with Gasteiger partial charge in [-0.3, -0.25) is 19.5 Å². The zero-order chi connectivity index (χ0) is 18.8. The van der Waals surface area contributed by atoms with Crippen LogP contribution in [0, 0.1) is 13.8 Å². The molecule has 1 aliphatic heterocycles. The largest absolute Gasteiger partial charge is 0.365 e. The Morgan fingerprint density at radius 3 is 2.77 bits per heavy atom. The fourth-order valence-corrected chi connectivity index (χ4v) is 2.61. The van der Waals surface area contributed by atoms with Crippen LogP contribution in [0.4, 0.5) is 11.5 Å². The first-order chi connectivity index (χ1) is 12.4. The first-order valence-electron chi connectivity index (χ1n) is 7.99. The van der Waals surface area contributed by atoms with E-state index in [1.54, 1.807) is 0 Å². The number of nitrogens with one attached hydrogen (secondary N) is 2. The maximum Gasteiger partial charge on any atom is 0.273 e. The number of hydrogen-bond donors (Lipinski definition) is 3. The van der Waals surface area contributed by atoms with E-state index in [2.05, 4.69) is 20.6 Å². The minimum absolute atomic E-state index is 0.0669. The van der Waals surface area contributed by atoms with Gasteiger partial charge in [0, 0.05) is 12.8 Å². The van der Waals surface area contributed by atoms with Crippen molar-refractivity contribution in [1.82, 2.24) is 10.2 Å². The van der Waals surface area contributed by atoms with E-state index in [-0.39, 0.29) is 35.8 Å². The standard InChI is InChI=1S/C17H18N6O3/c1-9-3-4-10(2)13(7-9)23-14(24)6-5-12(22-23)17(26)20-16-11(15(18)25)8-19-21-16/h3-4,7-8H,5-6H2,1-2H3,(H2,18,25)(H2,19,20,21,26). The predicted octanol–water partition coefficient (Wildman–Crippen LogP) is 1.25. The number of nitrogens with two attached hydrogens (primary N) is 1. The molecule has 0 unspecified atom stereocenters. The highest BCUT2D eigenvalue weighted by atomic mass is 16.2. The summed E-state index contributed by atoms with van der Waals surface area (Å²) in [7, 11) is 0. The molecule has 2 heterocycles. The summed E-state index contributed by atoms with van der Waals surface area (Å²) < 4.78 is 0. The third-order valence-electron chi connectivity index (χ3n) is 4.03. The molecule has 0 spiro atoms. The number of benzene rings is 1. The Morgan fingerprint density at radius 1 is 1.27 bits per heavy atom. The van der Waals surface area contributed by atoms with E-state index in [1.807, 2.05) is 32.0 Å². The average molecular weight is 354 g/mol. The second kappa shape index (κ2) is 6.79. The van der Waals surface area contributed by atoms with Crippen LogP contribution < -0.4 is 16.1 Å². The van der Waals surface area contributed by atoms with Crippen molar-refractivity contribution in [2.24, 2.45) is 10.8 Å². The first kappa shape index (κ1) is 17.3. The van der Waals surface area contributed by atoms with Gasteiger partial charge in [0.2, 0.25) is 5.91 Å². The molecule has 9 heteroatoms. The van der Waals surface area contributed by atoms with E-state index in [0.717, 1.165) is 11.1 Å². The zero-order valence-corrected chi connectivity index (χ0v) is 14.4. The molecule has 1 aromatic heterocycles. The average Bonchev–Trinajstić information content (AvgIpc) is 3.06. The van der Waals surface area contributed by atoms with Crippen LogP contribution in [0.3, 0.4) is 0 Å².